The quantitative estimate of drug-likeness (QED) is 0.329. The second-order valence-electron chi connectivity index (χ2n) is 3.69. The molecule has 7 heteroatoms. The van der Waals surface area contributed by atoms with Gasteiger partial charge in [-0.25, -0.2) is 9.79 Å². The van der Waals surface area contributed by atoms with E-state index in [1.54, 1.807) is 0 Å². The van der Waals surface area contributed by atoms with Crippen LogP contribution in [0.5, 0.6) is 0 Å². The van der Waals surface area contributed by atoms with Crippen molar-refractivity contribution < 1.29 is 9.53 Å². The van der Waals surface area contributed by atoms with Crippen LogP contribution in [0, 0.1) is 5.92 Å². The van der Waals surface area contributed by atoms with Crippen molar-refractivity contribution in [3.8, 4) is 0 Å². The number of esters is 1. The fourth-order valence-electron chi connectivity index (χ4n) is 1.10. The molecule has 0 aliphatic carbocycles. The van der Waals surface area contributed by atoms with Gasteiger partial charge in [0.25, 0.3) is 0 Å². The Balaban J connectivity index is 4.77. The van der Waals surface area contributed by atoms with E-state index in [0.717, 1.165) is 0 Å². The maximum atomic E-state index is 11.4. The zero-order valence-corrected chi connectivity index (χ0v) is 9.80. The summed E-state index contributed by atoms with van der Waals surface area (Å²) in [5.41, 5.74) is 15.7. The van der Waals surface area contributed by atoms with Crippen molar-refractivity contribution in [1.82, 2.24) is 0 Å². The van der Waals surface area contributed by atoms with Crippen molar-refractivity contribution >= 4 is 17.9 Å². The van der Waals surface area contributed by atoms with Gasteiger partial charge in [0.2, 0.25) is 5.96 Å². The van der Waals surface area contributed by atoms with Gasteiger partial charge in [-0.05, 0) is 12.3 Å². The summed E-state index contributed by atoms with van der Waals surface area (Å²) in [5.74, 6) is -0.507. The lowest BCUT2D eigenvalue weighted by Gasteiger charge is -2.12. The molecular formula is C9H19N5O2. The summed E-state index contributed by atoms with van der Waals surface area (Å²) in [4.78, 5) is 18.8. The van der Waals surface area contributed by atoms with Crippen LogP contribution >= 0.6 is 0 Å². The molecule has 0 radical (unpaired) electrons. The standard InChI is InChI=1S/C9H19N5O2/c1-5(2)4-6(7(15)16-3)13-9(12)14-8(10)11/h5-6H,4H2,1-3H3,(H6,10,11,12,13,14). The molecule has 0 aromatic rings. The van der Waals surface area contributed by atoms with E-state index in [4.69, 9.17) is 17.2 Å². The summed E-state index contributed by atoms with van der Waals surface area (Å²) in [6.45, 7) is 3.92. The van der Waals surface area contributed by atoms with Gasteiger partial charge in [0.05, 0.1) is 7.11 Å². The number of hydrogen-bond acceptors (Lipinski definition) is 3. The molecule has 0 amide bonds. The number of aliphatic imine (C=N–C) groups is 2. The number of guanidine groups is 2. The molecule has 0 aliphatic heterocycles. The molecule has 16 heavy (non-hydrogen) atoms. The van der Waals surface area contributed by atoms with Crippen LogP contribution in [0.4, 0.5) is 0 Å². The zero-order valence-electron chi connectivity index (χ0n) is 9.80. The van der Waals surface area contributed by atoms with Crippen LogP contribution in [0.15, 0.2) is 9.98 Å². The van der Waals surface area contributed by atoms with E-state index in [1.165, 1.54) is 7.11 Å². The summed E-state index contributed by atoms with van der Waals surface area (Å²) in [5, 5.41) is 0. The van der Waals surface area contributed by atoms with Gasteiger partial charge in [0.15, 0.2) is 12.0 Å². The van der Waals surface area contributed by atoms with Gasteiger partial charge in [0.1, 0.15) is 0 Å². The van der Waals surface area contributed by atoms with E-state index in [2.05, 4.69) is 14.7 Å². The second kappa shape index (κ2) is 6.65. The molecule has 0 heterocycles. The van der Waals surface area contributed by atoms with Crippen LogP contribution in [0.3, 0.4) is 0 Å². The molecule has 0 saturated heterocycles. The first-order valence-corrected chi connectivity index (χ1v) is 4.87. The molecule has 92 valence electrons. The number of carbonyl (C=O) groups is 1. The first-order chi connectivity index (χ1) is 7.36. The number of hydrogen-bond donors (Lipinski definition) is 3. The highest BCUT2D eigenvalue weighted by Gasteiger charge is 2.19. The lowest BCUT2D eigenvalue weighted by molar-refractivity contribution is -0.142. The van der Waals surface area contributed by atoms with E-state index < -0.39 is 12.0 Å². The molecule has 0 bridgehead atoms. The minimum absolute atomic E-state index is 0.129. The Morgan fingerprint density at radius 1 is 1.31 bits per heavy atom. The van der Waals surface area contributed by atoms with Crippen molar-refractivity contribution in [2.75, 3.05) is 7.11 Å². The Kier molecular flexibility index (Phi) is 5.91. The fourth-order valence-corrected chi connectivity index (χ4v) is 1.10. The topological polar surface area (TPSA) is 129 Å². The van der Waals surface area contributed by atoms with E-state index in [0.29, 0.717) is 6.42 Å². The Labute approximate surface area is 94.7 Å². The van der Waals surface area contributed by atoms with Crippen molar-refractivity contribution in [3.63, 3.8) is 0 Å². The minimum atomic E-state index is -0.673. The van der Waals surface area contributed by atoms with Crippen LogP contribution in [-0.2, 0) is 9.53 Å². The summed E-state index contributed by atoms with van der Waals surface area (Å²) < 4.78 is 4.61. The predicted octanol–water partition coefficient (Wildman–Crippen LogP) is -0.838. The lowest BCUT2D eigenvalue weighted by atomic mass is 10.0. The van der Waals surface area contributed by atoms with Crippen molar-refractivity contribution in [1.29, 1.82) is 0 Å². The summed E-state index contributed by atoms with van der Waals surface area (Å²) >= 11 is 0. The smallest absolute Gasteiger partial charge is 0.330 e. The van der Waals surface area contributed by atoms with Crippen LogP contribution in [0.25, 0.3) is 0 Å². The average molecular weight is 229 g/mol. The molecule has 1 unspecified atom stereocenters. The maximum absolute atomic E-state index is 11.4. The molecule has 0 aromatic heterocycles. The van der Waals surface area contributed by atoms with Crippen molar-refractivity contribution in [3.05, 3.63) is 0 Å². The highest BCUT2D eigenvalue weighted by molar-refractivity contribution is 5.93. The normalized spacial score (nSPS) is 13.4. The molecule has 0 spiro atoms. The van der Waals surface area contributed by atoms with E-state index in [-0.39, 0.29) is 17.8 Å². The predicted molar refractivity (Wildman–Crippen MR) is 62.7 cm³/mol. The number of nitrogens with zero attached hydrogens (tertiary/aromatic N) is 2. The fraction of sp³-hybridized carbons (Fsp3) is 0.667. The van der Waals surface area contributed by atoms with Gasteiger partial charge in [0, 0.05) is 0 Å². The molecule has 1 atom stereocenters. The molecular weight excluding hydrogens is 210 g/mol. The Morgan fingerprint density at radius 3 is 2.25 bits per heavy atom. The summed E-state index contributed by atoms with van der Waals surface area (Å²) in [6, 6.07) is -0.673. The molecule has 0 saturated carbocycles. The third-order valence-corrected chi connectivity index (χ3v) is 1.70. The largest absolute Gasteiger partial charge is 0.467 e. The zero-order chi connectivity index (χ0) is 12.7. The first-order valence-electron chi connectivity index (χ1n) is 4.87. The second-order valence-corrected chi connectivity index (χ2v) is 3.69. The summed E-state index contributed by atoms with van der Waals surface area (Å²) in [6.07, 6.45) is 0.521. The molecule has 0 aromatic carbocycles. The minimum Gasteiger partial charge on any atom is -0.467 e. The lowest BCUT2D eigenvalue weighted by Crippen LogP contribution is -2.29. The molecule has 0 rings (SSSR count). The third kappa shape index (κ3) is 5.84. The van der Waals surface area contributed by atoms with E-state index in [9.17, 15) is 4.79 Å². The van der Waals surface area contributed by atoms with Gasteiger partial charge < -0.3 is 21.9 Å². The van der Waals surface area contributed by atoms with Gasteiger partial charge >= 0.3 is 5.97 Å². The van der Waals surface area contributed by atoms with E-state index >= 15 is 0 Å². The van der Waals surface area contributed by atoms with Crippen LogP contribution in [0.1, 0.15) is 20.3 Å². The van der Waals surface area contributed by atoms with Gasteiger partial charge in [-0.1, -0.05) is 13.8 Å². The Hall–Kier alpha value is -1.79. The van der Waals surface area contributed by atoms with E-state index in [1.807, 2.05) is 13.8 Å². The molecule has 0 fully saturated rings. The Bertz CT molecular complexity index is 294. The van der Waals surface area contributed by atoms with Crippen LogP contribution in [0.2, 0.25) is 0 Å². The van der Waals surface area contributed by atoms with Gasteiger partial charge in [-0.2, -0.15) is 4.99 Å². The number of carbonyl (C=O) groups excluding carboxylic acids is 1. The Morgan fingerprint density at radius 2 is 1.88 bits per heavy atom. The van der Waals surface area contributed by atoms with Gasteiger partial charge in [-0.15, -0.1) is 0 Å². The highest BCUT2D eigenvalue weighted by Crippen LogP contribution is 2.09. The average Bonchev–Trinajstić information content (AvgIpc) is 2.13. The third-order valence-electron chi connectivity index (χ3n) is 1.70. The first kappa shape index (κ1) is 14.2. The van der Waals surface area contributed by atoms with Crippen LogP contribution in [-0.4, -0.2) is 31.0 Å². The summed E-state index contributed by atoms with van der Waals surface area (Å²) in [7, 11) is 1.29. The van der Waals surface area contributed by atoms with Crippen molar-refractivity contribution in [2.45, 2.75) is 26.3 Å². The number of rotatable bonds is 4. The number of ether oxygens (including phenoxy) is 1. The van der Waals surface area contributed by atoms with Gasteiger partial charge in [-0.3, -0.25) is 0 Å². The molecule has 7 nitrogen and oxygen atoms in total. The molecule has 0 aliphatic rings. The SMILES string of the molecule is COC(=O)C(CC(C)C)N=C(N)N=C(N)N. The highest BCUT2D eigenvalue weighted by atomic mass is 16.5. The van der Waals surface area contributed by atoms with Crippen LogP contribution < -0.4 is 17.2 Å². The maximum Gasteiger partial charge on any atom is 0.330 e. The van der Waals surface area contributed by atoms with Crippen molar-refractivity contribution in [2.24, 2.45) is 33.1 Å². The monoisotopic (exact) mass is 229 g/mol. The number of methoxy groups -OCH3 is 1. The number of nitrogens with two attached hydrogens (primary N) is 3. The molecule has 6 N–H and O–H groups in total.